The van der Waals surface area contributed by atoms with E-state index in [4.69, 9.17) is 11.6 Å². The van der Waals surface area contributed by atoms with Crippen LogP contribution in [0.15, 0.2) is 5.38 Å². The molecule has 2 aliphatic rings. The number of likely N-dealkylation sites (tertiary alicyclic amines) is 1. The molecule has 94 valence electrons. The van der Waals surface area contributed by atoms with Crippen molar-refractivity contribution in [2.45, 2.75) is 31.2 Å². The highest BCUT2D eigenvalue weighted by Crippen LogP contribution is 2.28. The highest BCUT2D eigenvalue weighted by atomic mass is 35.5. The van der Waals surface area contributed by atoms with Gasteiger partial charge in [-0.25, -0.2) is 4.98 Å². The Morgan fingerprint density at radius 1 is 1.35 bits per heavy atom. The van der Waals surface area contributed by atoms with E-state index in [-0.39, 0.29) is 0 Å². The number of nitrogens with zero attached hydrogens (tertiary/aromatic N) is 3. The van der Waals surface area contributed by atoms with Crippen molar-refractivity contribution in [1.29, 1.82) is 0 Å². The molecule has 0 bridgehead atoms. The highest BCUT2D eigenvalue weighted by Gasteiger charge is 2.30. The van der Waals surface area contributed by atoms with Gasteiger partial charge in [-0.3, -0.25) is 4.90 Å². The van der Waals surface area contributed by atoms with Gasteiger partial charge < -0.3 is 4.90 Å². The van der Waals surface area contributed by atoms with Gasteiger partial charge in [-0.15, -0.1) is 22.9 Å². The molecule has 0 aliphatic carbocycles. The minimum absolute atomic E-state index is 0.528. The van der Waals surface area contributed by atoms with Crippen molar-refractivity contribution in [2.24, 2.45) is 0 Å². The summed E-state index contributed by atoms with van der Waals surface area (Å²) in [6.45, 7) is 4.89. The van der Waals surface area contributed by atoms with Crippen molar-refractivity contribution in [1.82, 2.24) is 9.88 Å². The monoisotopic (exact) mass is 271 g/mol. The lowest BCUT2D eigenvalue weighted by Gasteiger charge is -2.23. The zero-order chi connectivity index (χ0) is 11.7. The maximum absolute atomic E-state index is 5.80. The summed E-state index contributed by atoms with van der Waals surface area (Å²) in [4.78, 5) is 9.64. The molecule has 3 nitrogen and oxygen atoms in total. The normalized spacial score (nSPS) is 25.9. The van der Waals surface area contributed by atoms with Crippen LogP contribution < -0.4 is 4.90 Å². The van der Waals surface area contributed by atoms with Gasteiger partial charge in [0.25, 0.3) is 0 Å². The SMILES string of the molecule is ClCc1csc(N2CCC(N3CCCC3)C2)n1. The van der Waals surface area contributed by atoms with Crippen LogP contribution in [0.2, 0.25) is 0 Å². The lowest BCUT2D eigenvalue weighted by Crippen LogP contribution is -2.35. The quantitative estimate of drug-likeness (QED) is 0.788. The minimum atomic E-state index is 0.528. The largest absolute Gasteiger partial charge is 0.346 e. The van der Waals surface area contributed by atoms with Crippen LogP contribution in [0.3, 0.4) is 0 Å². The molecule has 17 heavy (non-hydrogen) atoms. The van der Waals surface area contributed by atoms with Gasteiger partial charge in [0, 0.05) is 24.5 Å². The summed E-state index contributed by atoms with van der Waals surface area (Å²) in [5, 5.41) is 3.23. The van der Waals surface area contributed by atoms with Crippen LogP contribution in [0.4, 0.5) is 5.13 Å². The molecule has 1 atom stereocenters. The summed E-state index contributed by atoms with van der Waals surface area (Å²) in [7, 11) is 0. The molecule has 5 heteroatoms. The van der Waals surface area contributed by atoms with Crippen LogP contribution in [0.25, 0.3) is 0 Å². The molecule has 2 saturated heterocycles. The van der Waals surface area contributed by atoms with Crippen molar-refractivity contribution in [3.05, 3.63) is 11.1 Å². The van der Waals surface area contributed by atoms with E-state index >= 15 is 0 Å². The van der Waals surface area contributed by atoms with Gasteiger partial charge >= 0.3 is 0 Å². The lowest BCUT2D eigenvalue weighted by atomic mass is 10.2. The van der Waals surface area contributed by atoms with Gasteiger partial charge in [0.15, 0.2) is 5.13 Å². The number of hydrogen-bond acceptors (Lipinski definition) is 4. The van der Waals surface area contributed by atoms with E-state index in [1.54, 1.807) is 11.3 Å². The average Bonchev–Trinajstić information content (AvgIpc) is 3.09. The van der Waals surface area contributed by atoms with Crippen LogP contribution >= 0.6 is 22.9 Å². The van der Waals surface area contributed by atoms with Crippen LogP contribution in [0.5, 0.6) is 0 Å². The van der Waals surface area contributed by atoms with E-state index in [2.05, 4.69) is 20.2 Å². The van der Waals surface area contributed by atoms with Gasteiger partial charge in [0.2, 0.25) is 0 Å². The number of thiazole rings is 1. The number of halogens is 1. The summed E-state index contributed by atoms with van der Waals surface area (Å²) in [5.74, 6) is 0.528. The van der Waals surface area contributed by atoms with Crippen molar-refractivity contribution in [3.63, 3.8) is 0 Å². The van der Waals surface area contributed by atoms with Gasteiger partial charge in [-0.1, -0.05) is 0 Å². The lowest BCUT2D eigenvalue weighted by molar-refractivity contribution is 0.260. The Morgan fingerprint density at radius 2 is 2.18 bits per heavy atom. The molecule has 0 amide bonds. The molecule has 1 aromatic rings. The maximum atomic E-state index is 5.80. The Labute approximate surface area is 111 Å². The fraction of sp³-hybridized carbons (Fsp3) is 0.750. The fourth-order valence-electron chi connectivity index (χ4n) is 2.82. The predicted molar refractivity (Wildman–Crippen MR) is 73.1 cm³/mol. The van der Waals surface area contributed by atoms with E-state index in [9.17, 15) is 0 Å². The molecule has 0 radical (unpaired) electrons. The Hall–Kier alpha value is -0.320. The van der Waals surface area contributed by atoms with Gasteiger partial charge in [0.1, 0.15) is 0 Å². The van der Waals surface area contributed by atoms with E-state index in [0.717, 1.165) is 30.0 Å². The molecule has 2 fully saturated rings. The molecule has 1 aromatic heterocycles. The summed E-state index contributed by atoms with van der Waals surface area (Å²) < 4.78 is 0. The van der Waals surface area contributed by atoms with Crippen molar-refractivity contribution in [3.8, 4) is 0 Å². The first kappa shape index (κ1) is 11.8. The smallest absolute Gasteiger partial charge is 0.185 e. The summed E-state index contributed by atoms with van der Waals surface area (Å²) in [5.41, 5.74) is 1.01. The predicted octanol–water partition coefficient (Wildman–Crippen LogP) is 2.56. The molecule has 0 N–H and O–H groups in total. The topological polar surface area (TPSA) is 19.4 Å². The zero-order valence-electron chi connectivity index (χ0n) is 9.94. The van der Waals surface area contributed by atoms with Crippen molar-refractivity contribution >= 4 is 28.1 Å². The zero-order valence-corrected chi connectivity index (χ0v) is 11.5. The summed E-state index contributed by atoms with van der Waals surface area (Å²) >= 11 is 7.52. The van der Waals surface area contributed by atoms with Crippen LogP contribution in [0.1, 0.15) is 25.0 Å². The number of anilines is 1. The first-order chi connectivity index (χ1) is 8.36. The Kier molecular flexibility index (Phi) is 3.54. The average molecular weight is 272 g/mol. The second kappa shape index (κ2) is 5.12. The van der Waals surface area contributed by atoms with E-state index in [1.807, 2.05) is 0 Å². The number of rotatable bonds is 3. The Morgan fingerprint density at radius 3 is 2.88 bits per heavy atom. The standard InChI is InChI=1S/C12H18ClN3S/c13-7-10-9-17-12(14-10)16-6-3-11(8-16)15-4-1-2-5-15/h9,11H,1-8H2. The van der Waals surface area contributed by atoms with Crippen molar-refractivity contribution in [2.75, 3.05) is 31.1 Å². The summed E-state index contributed by atoms with van der Waals surface area (Å²) in [6, 6.07) is 0.751. The number of aromatic nitrogens is 1. The molecular formula is C12H18ClN3S. The Balaban J connectivity index is 1.62. The molecule has 0 aromatic carbocycles. The van der Waals surface area contributed by atoms with Gasteiger partial charge in [0.05, 0.1) is 11.6 Å². The van der Waals surface area contributed by atoms with E-state index in [1.165, 1.54) is 32.4 Å². The molecule has 1 unspecified atom stereocenters. The van der Waals surface area contributed by atoms with Crippen LogP contribution in [-0.2, 0) is 5.88 Å². The molecule has 0 spiro atoms. The second-order valence-electron chi connectivity index (χ2n) is 4.89. The highest BCUT2D eigenvalue weighted by molar-refractivity contribution is 7.13. The third-order valence-electron chi connectivity index (χ3n) is 3.77. The van der Waals surface area contributed by atoms with Gasteiger partial charge in [-0.2, -0.15) is 0 Å². The van der Waals surface area contributed by atoms with E-state index < -0.39 is 0 Å². The fourth-order valence-corrected chi connectivity index (χ4v) is 3.91. The molecule has 2 aliphatic heterocycles. The molecular weight excluding hydrogens is 254 g/mol. The Bertz CT molecular complexity index is 376. The first-order valence-electron chi connectivity index (χ1n) is 6.36. The van der Waals surface area contributed by atoms with E-state index in [0.29, 0.717) is 5.88 Å². The number of hydrogen-bond donors (Lipinski definition) is 0. The third kappa shape index (κ3) is 2.44. The van der Waals surface area contributed by atoms with Crippen LogP contribution in [0, 0.1) is 0 Å². The molecule has 3 heterocycles. The number of alkyl halides is 1. The third-order valence-corrected chi connectivity index (χ3v) is 4.99. The molecule has 3 rings (SSSR count). The van der Waals surface area contributed by atoms with Crippen molar-refractivity contribution < 1.29 is 0 Å². The molecule has 0 saturated carbocycles. The van der Waals surface area contributed by atoms with Gasteiger partial charge in [-0.05, 0) is 32.4 Å². The second-order valence-corrected chi connectivity index (χ2v) is 5.99. The maximum Gasteiger partial charge on any atom is 0.185 e. The van der Waals surface area contributed by atoms with Crippen LogP contribution in [-0.4, -0.2) is 42.1 Å². The summed E-state index contributed by atoms with van der Waals surface area (Å²) in [6.07, 6.45) is 4.05. The first-order valence-corrected chi connectivity index (χ1v) is 7.77. The minimum Gasteiger partial charge on any atom is -0.346 e.